The molecule has 5 nitrogen and oxygen atoms in total. The minimum absolute atomic E-state index is 0.209. The Morgan fingerprint density at radius 1 is 1.20 bits per heavy atom. The van der Waals surface area contributed by atoms with Gasteiger partial charge >= 0.3 is 0 Å². The molecule has 0 saturated carbocycles. The molecular weight excluding hydrogens is 341 g/mol. The molecule has 0 unspecified atom stereocenters. The van der Waals surface area contributed by atoms with Gasteiger partial charge in [-0.3, -0.25) is 4.79 Å². The quantitative estimate of drug-likeness (QED) is 0.209. The van der Waals surface area contributed by atoms with Gasteiger partial charge in [-0.05, 0) is 36.6 Å². The first-order valence-corrected chi connectivity index (χ1v) is 9.19. The molecule has 0 aliphatic carbocycles. The summed E-state index contributed by atoms with van der Waals surface area (Å²) in [5, 5.41) is 12.5. The van der Waals surface area contributed by atoms with Crippen molar-refractivity contribution in [2.24, 2.45) is 5.16 Å². The SMILES string of the molecule is CC.CCC.CSc1nccc(/C(=N/O)C(=O)c2ccc(F)cc2)n1. The Bertz CT molecular complexity index is 676. The van der Waals surface area contributed by atoms with E-state index in [1.807, 2.05) is 13.8 Å². The van der Waals surface area contributed by atoms with Crippen LogP contribution in [-0.2, 0) is 0 Å². The molecule has 0 saturated heterocycles. The van der Waals surface area contributed by atoms with Crippen LogP contribution >= 0.6 is 11.8 Å². The summed E-state index contributed by atoms with van der Waals surface area (Å²) in [6.07, 6.45) is 4.51. The Hall–Kier alpha value is -2.28. The van der Waals surface area contributed by atoms with E-state index >= 15 is 0 Å². The van der Waals surface area contributed by atoms with Gasteiger partial charge in [0.05, 0.1) is 0 Å². The van der Waals surface area contributed by atoms with Gasteiger partial charge in [0.25, 0.3) is 0 Å². The number of carbonyl (C=O) groups excluding carboxylic acids is 1. The lowest BCUT2D eigenvalue weighted by molar-refractivity contribution is 0.106. The van der Waals surface area contributed by atoms with E-state index in [-0.39, 0.29) is 17.0 Å². The van der Waals surface area contributed by atoms with Crippen molar-refractivity contribution in [3.05, 3.63) is 53.6 Å². The largest absolute Gasteiger partial charge is 0.410 e. The summed E-state index contributed by atoms with van der Waals surface area (Å²) in [4.78, 5) is 20.3. The second-order valence-electron chi connectivity index (χ2n) is 4.42. The van der Waals surface area contributed by atoms with Crippen LogP contribution in [0.25, 0.3) is 0 Å². The normalized spacial score (nSPS) is 10.1. The molecule has 0 spiro atoms. The molecular formula is C18H24FN3O2S. The van der Waals surface area contributed by atoms with E-state index in [9.17, 15) is 9.18 Å². The minimum Gasteiger partial charge on any atom is -0.410 e. The summed E-state index contributed by atoms with van der Waals surface area (Å²) >= 11 is 1.30. The number of hydrogen-bond acceptors (Lipinski definition) is 6. The van der Waals surface area contributed by atoms with Gasteiger partial charge in [-0.15, -0.1) is 0 Å². The fourth-order valence-corrected chi connectivity index (χ4v) is 1.88. The standard InChI is InChI=1S/C13H10FN3O2S.C3H8.C2H6/c1-20-13-15-7-6-10(16-13)11(17-19)12(18)8-2-4-9(14)5-3-8;1-3-2;1-2/h2-7,19H,1H3;3H2,1-2H3;1-2H3/b17-11-;;. The smallest absolute Gasteiger partial charge is 0.216 e. The maximum Gasteiger partial charge on any atom is 0.216 e. The van der Waals surface area contributed by atoms with E-state index in [0.717, 1.165) is 12.1 Å². The third kappa shape index (κ3) is 7.43. The van der Waals surface area contributed by atoms with E-state index in [0.29, 0.717) is 5.16 Å². The number of nitrogens with zero attached hydrogens (tertiary/aromatic N) is 3. The lowest BCUT2D eigenvalue weighted by atomic mass is 10.0. The minimum atomic E-state index is -0.543. The highest BCUT2D eigenvalue weighted by atomic mass is 32.2. The maximum atomic E-state index is 12.8. The summed E-state index contributed by atoms with van der Waals surface area (Å²) in [5.41, 5.74) is 0.207. The van der Waals surface area contributed by atoms with Crippen LogP contribution in [-0.4, -0.2) is 32.9 Å². The average Bonchev–Trinajstić information content (AvgIpc) is 2.65. The summed E-state index contributed by atoms with van der Waals surface area (Å²) in [5.74, 6) is -0.992. The van der Waals surface area contributed by atoms with Gasteiger partial charge in [-0.1, -0.05) is 51.0 Å². The summed E-state index contributed by atoms with van der Waals surface area (Å²) in [7, 11) is 0. The van der Waals surface area contributed by atoms with Gasteiger partial charge in [-0.25, -0.2) is 14.4 Å². The fraction of sp³-hybridized carbons (Fsp3) is 0.333. The van der Waals surface area contributed by atoms with E-state index in [2.05, 4.69) is 29.0 Å². The van der Waals surface area contributed by atoms with Crippen molar-refractivity contribution in [2.75, 3.05) is 6.26 Å². The van der Waals surface area contributed by atoms with Gasteiger partial charge in [0.1, 0.15) is 11.5 Å². The molecule has 7 heteroatoms. The highest BCUT2D eigenvalue weighted by Crippen LogP contribution is 2.12. The van der Waals surface area contributed by atoms with Gasteiger partial charge in [0, 0.05) is 11.8 Å². The van der Waals surface area contributed by atoms with Crippen LogP contribution in [0, 0.1) is 5.82 Å². The van der Waals surface area contributed by atoms with Crippen molar-refractivity contribution < 1.29 is 14.4 Å². The molecule has 1 heterocycles. The van der Waals surface area contributed by atoms with Crippen LogP contribution in [0.15, 0.2) is 46.8 Å². The van der Waals surface area contributed by atoms with E-state index in [4.69, 9.17) is 5.21 Å². The van der Waals surface area contributed by atoms with E-state index in [1.165, 1.54) is 42.6 Å². The number of ketones is 1. The van der Waals surface area contributed by atoms with E-state index in [1.54, 1.807) is 6.26 Å². The first-order chi connectivity index (χ1) is 12.1. The van der Waals surface area contributed by atoms with Crippen LogP contribution < -0.4 is 0 Å². The van der Waals surface area contributed by atoms with Crippen LogP contribution in [0.3, 0.4) is 0 Å². The zero-order valence-electron chi connectivity index (χ0n) is 15.2. The van der Waals surface area contributed by atoms with Crippen molar-refractivity contribution in [3.8, 4) is 0 Å². The Morgan fingerprint density at radius 3 is 2.24 bits per heavy atom. The summed E-state index contributed by atoms with van der Waals surface area (Å²) in [6.45, 7) is 8.25. The first kappa shape index (κ1) is 22.7. The monoisotopic (exact) mass is 365 g/mol. The number of oxime groups is 1. The second-order valence-corrected chi connectivity index (χ2v) is 5.19. The molecule has 1 aromatic carbocycles. The Labute approximate surface area is 152 Å². The topological polar surface area (TPSA) is 75.4 Å². The summed E-state index contributed by atoms with van der Waals surface area (Å²) in [6, 6.07) is 6.43. The first-order valence-electron chi connectivity index (χ1n) is 7.97. The molecule has 0 radical (unpaired) electrons. The Kier molecular flexibility index (Phi) is 11.9. The van der Waals surface area contributed by atoms with Crippen molar-refractivity contribution in [3.63, 3.8) is 0 Å². The zero-order chi connectivity index (χ0) is 19.2. The lowest BCUT2D eigenvalue weighted by Gasteiger charge is -2.04. The van der Waals surface area contributed by atoms with Gasteiger partial charge < -0.3 is 5.21 Å². The molecule has 0 aliphatic rings. The number of hydrogen-bond donors (Lipinski definition) is 1. The zero-order valence-corrected chi connectivity index (χ0v) is 16.0. The Morgan fingerprint density at radius 2 is 1.76 bits per heavy atom. The molecule has 0 amide bonds. The van der Waals surface area contributed by atoms with Crippen LogP contribution in [0.1, 0.15) is 50.2 Å². The molecule has 0 fully saturated rings. The number of aromatic nitrogens is 2. The van der Waals surface area contributed by atoms with Crippen LogP contribution in [0.4, 0.5) is 4.39 Å². The molecule has 0 bridgehead atoms. The lowest BCUT2D eigenvalue weighted by Crippen LogP contribution is -2.18. The maximum absolute atomic E-state index is 12.8. The molecule has 136 valence electrons. The predicted octanol–water partition coefficient (Wildman–Crippen LogP) is 4.84. The second kappa shape index (κ2) is 13.1. The number of halogens is 1. The Balaban J connectivity index is 0.00000104. The average molecular weight is 365 g/mol. The molecule has 1 aromatic heterocycles. The van der Waals surface area contributed by atoms with Crippen molar-refractivity contribution in [2.45, 2.75) is 39.3 Å². The van der Waals surface area contributed by atoms with Crippen LogP contribution in [0.2, 0.25) is 0 Å². The van der Waals surface area contributed by atoms with Gasteiger partial charge in [0.2, 0.25) is 5.78 Å². The van der Waals surface area contributed by atoms with Gasteiger partial charge in [-0.2, -0.15) is 0 Å². The molecule has 0 aliphatic heterocycles. The third-order valence-electron chi connectivity index (χ3n) is 2.48. The molecule has 25 heavy (non-hydrogen) atoms. The van der Waals surface area contributed by atoms with Crippen LogP contribution in [0.5, 0.6) is 0 Å². The number of benzene rings is 1. The van der Waals surface area contributed by atoms with Gasteiger partial charge in [0.15, 0.2) is 10.9 Å². The third-order valence-corrected chi connectivity index (χ3v) is 3.04. The van der Waals surface area contributed by atoms with E-state index < -0.39 is 11.6 Å². The summed E-state index contributed by atoms with van der Waals surface area (Å²) < 4.78 is 12.8. The predicted molar refractivity (Wildman–Crippen MR) is 100 cm³/mol. The highest BCUT2D eigenvalue weighted by Gasteiger charge is 2.19. The number of Topliss-reactive ketones (excluding diaryl/α,β-unsaturated/α-hetero) is 1. The number of carbonyl (C=O) groups is 1. The number of thioether (sulfide) groups is 1. The molecule has 0 atom stereocenters. The van der Waals surface area contributed by atoms with Crippen molar-refractivity contribution in [1.82, 2.24) is 9.97 Å². The molecule has 2 rings (SSSR count). The van der Waals surface area contributed by atoms with Crippen molar-refractivity contribution >= 4 is 23.3 Å². The highest BCUT2D eigenvalue weighted by molar-refractivity contribution is 7.98. The fourth-order valence-electron chi connectivity index (χ4n) is 1.52. The molecule has 2 aromatic rings. The van der Waals surface area contributed by atoms with Crippen molar-refractivity contribution in [1.29, 1.82) is 0 Å². The molecule has 1 N–H and O–H groups in total. The number of rotatable bonds is 4.